The van der Waals surface area contributed by atoms with Crippen molar-refractivity contribution in [3.63, 3.8) is 0 Å². The lowest BCUT2D eigenvalue weighted by atomic mass is 10.4. The number of alkyl halides is 1. The van der Waals surface area contributed by atoms with E-state index in [1.807, 2.05) is 0 Å². The molecule has 1 atom stereocenters. The fraction of sp³-hybridized carbons (Fsp3) is 0.800. The molecule has 2 N–H and O–H groups in total. The number of rotatable bonds is 3. The quantitative estimate of drug-likeness (QED) is 0.443. The Morgan fingerprint density at radius 1 is 1.89 bits per heavy atom. The van der Waals surface area contributed by atoms with Crippen molar-refractivity contribution in [3.8, 4) is 0 Å². The maximum atomic E-state index is 10.5. The largest absolute Gasteiger partial charge is 0.372 e. The molecule has 0 spiro atoms. The third-order valence-corrected chi connectivity index (χ3v) is 1.09. The first-order valence-electron chi connectivity index (χ1n) is 2.74. The van der Waals surface area contributed by atoms with Gasteiger partial charge in [-0.05, 0) is 0 Å². The van der Waals surface area contributed by atoms with Gasteiger partial charge in [-0.15, -0.1) is 11.6 Å². The van der Waals surface area contributed by atoms with Crippen molar-refractivity contribution in [1.82, 2.24) is 5.32 Å². The Kier molecular flexibility index (Phi) is 4.44. The smallest absolute Gasteiger partial charge is 0.221 e. The van der Waals surface area contributed by atoms with Crippen molar-refractivity contribution in [1.29, 1.82) is 0 Å². The molecule has 0 aliphatic carbocycles. The Bertz CT molecular complexity index is 97.0. The number of hydrogen-bond donors (Lipinski definition) is 2. The van der Waals surface area contributed by atoms with E-state index in [4.69, 9.17) is 16.7 Å². The van der Waals surface area contributed by atoms with E-state index in [-0.39, 0.29) is 11.8 Å². The summed E-state index contributed by atoms with van der Waals surface area (Å²) in [6, 6.07) is 0. The van der Waals surface area contributed by atoms with Gasteiger partial charge in [0.25, 0.3) is 0 Å². The summed E-state index contributed by atoms with van der Waals surface area (Å²) >= 11 is 5.19. The van der Waals surface area contributed by atoms with Crippen LogP contribution < -0.4 is 5.32 Å². The predicted octanol–water partition coefficient (Wildman–Crippen LogP) is 0.0698. The van der Waals surface area contributed by atoms with Gasteiger partial charge in [0.1, 0.15) is 6.23 Å². The fourth-order valence-corrected chi connectivity index (χ4v) is 0.404. The zero-order chi connectivity index (χ0) is 7.28. The summed E-state index contributed by atoms with van der Waals surface area (Å²) in [5.74, 6) is -0.158. The van der Waals surface area contributed by atoms with E-state index >= 15 is 0 Å². The highest BCUT2D eigenvalue weighted by molar-refractivity contribution is 6.18. The van der Waals surface area contributed by atoms with Gasteiger partial charge in [0.15, 0.2) is 0 Å². The molecule has 0 heterocycles. The van der Waals surface area contributed by atoms with Gasteiger partial charge in [0.2, 0.25) is 5.91 Å². The van der Waals surface area contributed by atoms with Crippen LogP contribution in [-0.4, -0.2) is 23.1 Å². The van der Waals surface area contributed by atoms with Gasteiger partial charge in [0, 0.05) is 6.42 Å². The molecule has 0 aliphatic heterocycles. The van der Waals surface area contributed by atoms with Crippen LogP contribution in [-0.2, 0) is 4.79 Å². The maximum Gasteiger partial charge on any atom is 0.221 e. The van der Waals surface area contributed by atoms with Crippen molar-refractivity contribution in [2.75, 3.05) is 5.88 Å². The minimum atomic E-state index is -0.904. The number of aliphatic hydroxyl groups excluding tert-OH is 1. The highest BCUT2D eigenvalue weighted by atomic mass is 35.5. The SMILES string of the molecule is CCC(=O)NC(O)CCl. The normalized spacial score (nSPS) is 12.8. The van der Waals surface area contributed by atoms with Crippen LogP contribution >= 0.6 is 11.6 Å². The molecule has 1 amide bonds. The summed E-state index contributed by atoms with van der Waals surface area (Å²) in [7, 11) is 0. The predicted molar refractivity (Wildman–Crippen MR) is 35.2 cm³/mol. The summed E-state index contributed by atoms with van der Waals surface area (Å²) in [4.78, 5) is 10.5. The van der Waals surface area contributed by atoms with Crippen molar-refractivity contribution in [2.24, 2.45) is 0 Å². The monoisotopic (exact) mass is 151 g/mol. The van der Waals surface area contributed by atoms with Crippen molar-refractivity contribution in [3.05, 3.63) is 0 Å². The second-order valence-electron chi connectivity index (χ2n) is 1.59. The first kappa shape index (κ1) is 8.72. The van der Waals surface area contributed by atoms with Crippen molar-refractivity contribution < 1.29 is 9.90 Å². The van der Waals surface area contributed by atoms with E-state index in [0.29, 0.717) is 6.42 Å². The standard InChI is InChI=1S/C5H10ClNO2/c1-2-4(8)7-5(9)3-6/h5,9H,2-3H2,1H3,(H,7,8). The third kappa shape index (κ3) is 4.24. The van der Waals surface area contributed by atoms with Crippen LogP contribution in [0.25, 0.3) is 0 Å². The van der Waals surface area contributed by atoms with Crippen LogP contribution in [0.1, 0.15) is 13.3 Å². The van der Waals surface area contributed by atoms with Gasteiger partial charge in [0.05, 0.1) is 5.88 Å². The van der Waals surface area contributed by atoms with Crippen molar-refractivity contribution >= 4 is 17.5 Å². The molecule has 0 aliphatic rings. The Morgan fingerprint density at radius 2 is 2.44 bits per heavy atom. The molecule has 54 valence electrons. The number of halogens is 1. The number of carbonyl (C=O) groups is 1. The molecule has 0 saturated heterocycles. The van der Waals surface area contributed by atoms with E-state index in [0.717, 1.165) is 0 Å². The summed E-state index contributed by atoms with van der Waals surface area (Å²) in [5, 5.41) is 11.0. The molecule has 0 aromatic heterocycles. The second kappa shape index (κ2) is 4.58. The zero-order valence-electron chi connectivity index (χ0n) is 5.22. The highest BCUT2D eigenvalue weighted by Gasteiger charge is 2.03. The fourth-order valence-electron chi connectivity index (χ4n) is 0.326. The van der Waals surface area contributed by atoms with Gasteiger partial charge < -0.3 is 10.4 Å². The number of amides is 1. The molecule has 3 nitrogen and oxygen atoms in total. The minimum Gasteiger partial charge on any atom is -0.372 e. The lowest BCUT2D eigenvalue weighted by Gasteiger charge is -2.06. The van der Waals surface area contributed by atoms with Crippen LogP contribution in [0.4, 0.5) is 0 Å². The molecular formula is C5H10ClNO2. The first-order chi connectivity index (χ1) is 4.20. The molecule has 4 heteroatoms. The maximum absolute atomic E-state index is 10.5. The summed E-state index contributed by atoms with van der Waals surface area (Å²) < 4.78 is 0. The zero-order valence-corrected chi connectivity index (χ0v) is 5.98. The van der Waals surface area contributed by atoms with E-state index in [9.17, 15) is 4.79 Å². The van der Waals surface area contributed by atoms with Gasteiger partial charge in [-0.1, -0.05) is 6.92 Å². The van der Waals surface area contributed by atoms with Gasteiger partial charge in [-0.3, -0.25) is 4.79 Å². The number of carbonyl (C=O) groups excluding carboxylic acids is 1. The highest BCUT2D eigenvalue weighted by Crippen LogP contribution is 1.83. The number of aliphatic hydroxyl groups is 1. The average Bonchev–Trinajstić information content (AvgIpc) is 1.87. The van der Waals surface area contributed by atoms with Crippen LogP contribution in [0.3, 0.4) is 0 Å². The third-order valence-electron chi connectivity index (χ3n) is 0.795. The molecule has 0 rings (SSSR count). The van der Waals surface area contributed by atoms with Crippen molar-refractivity contribution in [2.45, 2.75) is 19.6 Å². The second-order valence-corrected chi connectivity index (χ2v) is 1.90. The molecule has 0 radical (unpaired) electrons. The summed E-state index contributed by atoms with van der Waals surface area (Å²) in [6.45, 7) is 1.70. The van der Waals surface area contributed by atoms with E-state index in [1.54, 1.807) is 6.92 Å². The van der Waals surface area contributed by atoms with Crippen LogP contribution in [0.15, 0.2) is 0 Å². The van der Waals surface area contributed by atoms with E-state index in [1.165, 1.54) is 0 Å². The number of nitrogens with one attached hydrogen (secondary N) is 1. The Balaban J connectivity index is 3.34. The van der Waals surface area contributed by atoms with E-state index in [2.05, 4.69) is 5.32 Å². The van der Waals surface area contributed by atoms with Crippen LogP contribution in [0.5, 0.6) is 0 Å². The molecule has 0 fully saturated rings. The van der Waals surface area contributed by atoms with Crippen LogP contribution in [0, 0.1) is 0 Å². The molecular weight excluding hydrogens is 142 g/mol. The molecule has 0 aromatic carbocycles. The number of hydrogen-bond acceptors (Lipinski definition) is 2. The average molecular weight is 152 g/mol. The Labute approximate surface area is 59.0 Å². The van der Waals surface area contributed by atoms with Crippen LogP contribution in [0.2, 0.25) is 0 Å². The Hall–Kier alpha value is -0.280. The van der Waals surface area contributed by atoms with Gasteiger partial charge >= 0.3 is 0 Å². The molecule has 9 heavy (non-hydrogen) atoms. The Morgan fingerprint density at radius 3 is 2.78 bits per heavy atom. The summed E-state index contributed by atoms with van der Waals surface area (Å²) in [5.41, 5.74) is 0. The molecule has 0 bridgehead atoms. The lowest BCUT2D eigenvalue weighted by molar-refractivity contribution is -0.123. The molecule has 0 saturated carbocycles. The molecule has 0 aromatic rings. The van der Waals surface area contributed by atoms with Gasteiger partial charge in [-0.25, -0.2) is 0 Å². The minimum absolute atomic E-state index is 0.0335. The van der Waals surface area contributed by atoms with E-state index < -0.39 is 6.23 Å². The summed E-state index contributed by atoms with van der Waals surface area (Å²) in [6.07, 6.45) is -0.535. The topological polar surface area (TPSA) is 49.3 Å². The lowest BCUT2D eigenvalue weighted by Crippen LogP contribution is -2.35. The molecule has 1 unspecified atom stereocenters. The first-order valence-corrected chi connectivity index (χ1v) is 3.27. The van der Waals surface area contributed by atoms with Gasteiger partial charge in [-0.2, -0.15) is 0 Å².